The van der Waals surface area contributed by atoms with Gasteiger partial charge in [0.2, 0.25) is 5.91 Å². The number of amides is 1. The van der Waals surface area contributed by atoms with Crippen LogP contribution >= 0.6 is 0 Å². The average molecular weight is 296 g/mol. The minimum absolute atomic E-state index is 0.167. The number of carbonyl (C=O) groups excluding carboxylic acids is 1. The maximum Gasteiger partial charge on any atom is 0.228 e. The number of hydrogen-bond acceptors (Lipinski definition) is 3. The van der Waals surface area contributed by atoms with E-state index in [0.29, 0.717) is 13.0 Å². The van der Waals surface area contributed by atoms with E-state index in [-0.39, 0.29) is 5.91 Å². The maximum absolute atomic E-state index is 12.4. The van der Waals surface area contributed by atoms with Gasteiger partial charge in [-0.25, -0.2) is 0 Å². The van der Waals surface area contributed by atoms with Crippen molar-refractivity contribution in [2.75, 3.05) is 30.4 Å². The summed E-state index contributed by atoms with van der Waals surface area (Å²) in [6, 6.07) is 15.9. The minimum atomic E-state index is 0.167. The van der Waals surface area contributed by atoms with Gasteiger partial charge in [-0.15, -0.1) is 0 Å². The second-order valence-electron chi connectivity index (χ2n) is 5.33. The number of carbonyl (C=O) groups is 1. The first-order valence-corrected chi connectivity index (χ1v) is 7.54. The van der Waals surface area contributed by atoms with Crippen molar-refractivity contribution in [3.63, 3.8) is 0 Å². The Labute approximate surface area is 130 Å². The lowest BCUT2D eigenvalue weighted by atomic mass is 10.2. The zero-order chi connectivity index (χ0) is 15.4. The predicted octanol–water partition coefficient (Wildman–Crippen LogP) is 3.09. The highest BCUT2D eigenvalue weighted by Crippen LogP contribution is 2.27. The molecule has 4 heteroatoms. The highest BCUT2D eigenvalue weighted by Gasteiger charge is 2.23. The molecule has 2 aromatic carbocycles. The van der Waals surface area contributed by atoms with Crippen LogP contribution in [0.5, 0.6) is 5.75 Å². The monoisotopic (exact) mass is 296 g/mol. The Bertz CT molecular complexity index is 670. The Kier molecular flexibility index (Phi) is 4.28. The van der Waals surface area contributed by atoms with Gasteiger partial charge in [0.1, 0.15) is 5.75 Å². The molecule has 3 rings (SSSR count). The standard InChI is InChI=1S/C18H20N2O2/c1-22-16-7-4-6-15(13-16)19-11-9-18(21)20-12-10-14-5-2-3-8-17(14)20/h2-8,13,19H,9-12H2,1H3. The molecule has 22 heavy (non-hydrogen) atoms. The number of methoxy groups -OCH3 is 1. The Hall–Kier alpha value is -2.49. The Balaban J connectivity index is 1.55. The summed E-state index contributed by atoms with van der Waals surface area (Å²) < 4.78 is 5.19. The minimum Gasteiger partial charge on any atom is -0.497 e. The normalized spacial score (nSPS) is 12.9. The summed E-state index contributed by atoms with van der Waals surface area (Å²) >= 11 is 0. The molecule has 4 nitrogen and oxygen atoms in total. The molecule has 1 N–H and O–H groups in total. The SMILES string of the molecule is COc1cccc(NCCC(=O)N2CCc3ccccc32)c1. The van der Waals surface area contributed by atoms with Gasteiger partial charge in [-0.05, 0) is 30.2 Å². The quantitative estimate of drug-likeness (QED) is 0.922. The van der Waals surface area contributed by atoms with Gasteiger partial charge < -0.3 is 15.0 Å². The Morgan fingerprint density at radius 2 is 2.09 bits per heavy atom. The molecule has 114 valence electrons. The van der Waals surface area contributed by atoms with Crippen molar-refractivity contribution in [2.45, 2.75) is 12.8 Å². The molecule has 1 heterocycles. The first-order chi connectivity index (χ1) is 10.8. The lowest BCUT2D eigenvalue weighted by Crippen LogP contribution is -2.30. The van der Waals surface area contributed by atoms with Crippen molar-refractivity contribution in [1.82, 2.24) is 0 Å². The van der Waals surface area contributed by atoms with Crippen LogP contribution in [0, 0.1) is 0 Å². The number of hydrogen-bond donors (Lipinski definition) is 1. The van der Waals surface area contributed by atoms with Crippen molar-refractivity contribution in [1.29, 1.82) is 0 Å². The van der Waals surface area contributed by atoms with Gasteiger partial charge in [-0.1, -0.05) is 24.3 Å². The predicted molar refractivity (Wildman–Crippen MR) is 88.6 cm³/mol. The second kappa shape index (κ2) is 6.52. The highest BCUT2D eigenvalue weighted by atomic mass is 16.5. The van der Waals surface area contributed by atoms with Crippen molar-refractivity contribution >= 4 is 17.3 Å². The third-order valence-electron chi connectivity index (χ3n) is 3.93. The number of ether oxygens (including phenoxy) is 1. The number of anilines is 2. The number of rotatable bonds is 5. The fourth-order valence-corrected chi connectivity index (χ4v) is 2.78. The van der Waals surface area contributed by atoms with E-state index in [2.05, 4.69) is 11.4 Å². The summed E-state index contributed by atoms with van der Waals surface area (Å²) in [6.45, 7) is 1.40. The topological polar surface area (TPSA) is 41.6 Å². The van der Waals surface area contributed by atoms with Crippen molar-refractivity contribution in [2.24, 2.45) is 0 Å². The summed E-state index contributed by atoms with van der Waals surface area (Å²) in [7, 11) is 1.65. The van der Waals surface area contributed by atoms with E-state index in [4.69, 9.17) is 4.74 Å². The van der Waals surface area contributed by atoms with Crippen molar-refractivity contribution in [3.8, 4) is 5.75 Å². The van der Waals surface area contributed by atoms with Crippen LogP contribution in [0.4, 0.5) is 11.4 Å². The first kappa shape index (κ1) is 14.4. The van der Waals surface area contributed by atoms with Crippen LogP contribution in [-0.2, 0) is 11.2 Å². The van der Waals surface area contributed by atoms with Crippen LogP contribution in [0.25, 0.3) is 0 Å². The zero-order valence-corrected chi connectivity index (χ0v) is 12.7. The molecular formula is C18H20N2O2. The van der Waals surface area contributed by atoms with Crippen LogP contribution in [0.1, 0.15) is 12.0 Å². The molecule has 0 spiro atoms. The Morgan fingerprint density at radius 1 is 1.23 bits per heavy atom. The lowest BCUT2D eigenvalue weighted by Gasteiger charge is -2.17. The Morgan fingerprint density at radius 3 is 2.95 bits per heavy atom. The van der Waals surface area contributed by atoms with Gasteiger partial charge in [-0.3, -0.25) is 4.79 Å². The van der Waals surface area contributed by atoms with Crippen LogP contribution in [0.2, 0.25) is 0 Å². The molecule has 0 bridgehead atoms. The second-order valence-corrected chi connectivity index (χ2v) is 5.33. The van der Waals surface area contributed by atoms with Crippen LogP contribution in [0.3, 0.4) is 0 Å². The largest absolute Gasteiger partial charge is 0.497 e. The summed E-state index contributed by atoms with van der Waals surface area (Å²) in [5.41, 5.74) is 3.29. The molecule has 0 saturated carbocycles. The van der Waals surface area contributed by atoms with E-state index >= 15 is 0 Å². The summed E-state index contributed by atoms with van der Waals surface area (Å²) in [6.07, 6.45) is 1.43. The fraction of sp³-hybridized carbons (Fsp3) is 0.278. The van der Waals surface area contributed by atoms with Crippen LogP contribution in [-0.4, -0.2) is 26.1 Å². The third-order valence-corrected chi connectivity index (χ3v) is 3.93. The van der Waals surface area contributed by atoms with Gasteiger partial charge in [0.05, 0.1) is 7.11 Å². The first-order valence-electron chi connectivity index (χ1n) is 7.54. The van der Waals surface area contributed by atoms with E-state index in [0.717, 1.165) is 30.1 Å². The van der Waals surface area contributed by atoms with E-state index < -0.39 is 0 Å². The average Bonchev–Trinajstić information content (AvgIpc) is 2.99. The van der Waals surface area contributed by atoms with Gasteiger partial charge >= 0.3 is 0 Å². The molecule has 0 unspecified atom stereocenters. The van der Waals surface area contributed by atoms with Gasteiger partial charge in [-0.2, -0.15) is 0 Å². The molecule has 1 aliphatic heterocycles. The van der Waals surface area contributed by atoms with Crippen molar-refractivity contribution < 1.29 is 9.53 Å². The fourth-order valence-electron chi connectivity index (χ4n) is 2.78. The maximum atomic E-state index is 12.4. The molecule has 2 aromatic rings. The highest BCUT2D eigenvalue weighted by molar-refractivity contribution is 5.95. The molecule has 0 atom stereocenters. The molecule has 0 fully saturated rings. The molecule has 0 aromatic heterocycles. The lowest BCUT2D eigenvalue weighted by molar-refractivity contribution is -0.118. The summed E-state index contributed by atoms with van der Waals surface area (Å²) in [5, 5.41) is 3.27. The van der Waals surface area contributed by atoms with E-state index in [1.807, 2.05) is 47.4 Å². The van der Waals surface area contributed by atoms with Gasteiger partial charge in [0.25, 0.3) is 0 Å². The number of nitrogens with zero attached hydrogens (tertiary/aromatic N) is 1. The van der Waals surface area contributed by atoms with Gasteiger partial charge in [0.15, 0.2) is 0 Å². The smallest absolute Gasteiger partial charge is 0.228 e. The van der Waals surface area contributed by atoms with E-state index in [1.165, 1.54) is 5.56 Å². The van der Waals surface area contributed by atoms with E-state index in [1.54, 1.807) is 7.11 Å². The molecule has 0 aliphatic carbocycles. The number of nitrogens with one attached hydrogen (secondary N) is 1. The van der Waals surface area contributed by atoms with E-state index in [9.17, 15) is 4.79 Å². The zero-order valence-electron chi connectivity index (χ0n) is 12.7. The summed E-state index contributed by atoms with van der Waals surface area (Å²) in [4.78, 5) is 14.3. The molecule has 0 saturated heterocycles. The van der Waals surface area contributed by atoms with Crippen molar-refractivity contribution in [3.05, 3.63) is 54.1 Å². The number of benzene rings is 2. The molecular weight excluding hydrogens is 276 g/mol. The van der Waals surface area contributed by atoms with Crippen LogP contribution < -0.4 is 15.0 Å². The number of fused-ring (bicyclic) bond motifs is 1. The molecule has 0 radical (unpaired) electrons. The number of para-hydroxylation sites is 1. The summed E-state index contributed by atoms with van der Waals surface area (Å²) in [5.74, 6) is 0.977. The van der Waals surface area contributed by atoms with Gasteiger partial charge in [0, 0.05) is 37.0 Å². The third kappa shape index (κ3) is 3.06. The molecule has 1 amide bonds. The van der Waals surface area contributed by atoms with Crippen LogP contribution in [0.15, 0.2) is 48.5 Å². The molecule has 1 aliphatic rings.